The van der Waals surface area contributed by atoms with E-state index in [2.05, 4.69) is 55.0 Å². The molecule has 0 aromatic rings. The van der Waals surface area contributed by atoms with Crippen molar-refractivity contribution >= 4 is 5.78 Å². The van der Waals surface area contributed by atoms with Crippen LogP contribution in [0.4, 0.5) is 0 Å². The van der Waals surface area contributed by atoms with Crippen LogP contribution in [-0.4, -0.2) is 17.5 Å². The molecule has 0 spiro atoms. The maximum absolute atomic E-state index is 12.9. The number of ketones is 1. The molecule has 2 heteroatoms. The smallest absolute Gasteiger partial charge is 0.138 e. The third-order valence-electron chi connectivity index (χ3n) is 12.8. The van der Waals surface area contributed by atoms with E-state index >= 15 is 0 Å². The summed E-state index contributed by atoms with van der Waals surface area (Å²) < 4.78 is 6.77. The van der Waals surface area contributed by atoms with E-state index in [1.807, 2.05) is 0 Å². The second-order valence-corrected chi connectivity index (χ2v) is 14.3. The molecule has 0 bridgehead atoms. The first-order chi connectivity index (χ1) is 14.8. The molecule has 180 valence electrons. The highest BCUT2D eigenvalue weighted by molar-refractivity contribution is 5.85. The lowest BCUT2D eigenvalue weighted by Crippen LogP contribution is -2.63. The fourth-order valence-corrected chi connectivity index (χ4v) is 10.8. The lowest BCUT2D eigenvalue weighted by atomic mass is 9.35. The molecule has 5 rings (SSSR count). The third kappa shape index (κ3) is 2.77. The normalized spacial score (nSPS) is 54.6. The van der Waals surface area contributed by atoms with Crippen LogP contribution < -0.4 is 0 Å². The van der Waals surface area contributed by atoms with Crippen molar-refractivity contribution in [3.63, 3.8) is 0 Å². The zero-order valence-electron chi connectivity index (χ0n) is 22.0. The largest absolute Gasteiger partial charge is 0.367 e. The molecular formula is C30H48O2. The Hall–Kier alpha value is -0.630. The quantitative estimate of drug-likeness (QED) is 0.410. The number of hydrogen-bond acceptors (Lipinski definition) is 2. The number of carbonyl (C=O) groups is 1. The van der Waals surface area contributed by atoms with Gasteiger partial charge in [-0.3, -0.25) is 4.79 Å². The summed E-state index contributed by atoms with van der Waals surface area (Å²) in [7, 11) is 0. The van der Waals surface area contributed by atoms with Gasteiger partial charge in [0.25, 0.3) is 0 Å². The molecule has 0 radical (unpaired) electrons. The first-order valence-corrected chi connectivity index (χ1v) is 13.7. The van der Waals surface area contributed by atoms with Gasteiger partial charge in [-0.05, 0) is 112 Å². The number of carbonyl (C=O) groups excluding carboxylic acids is 1. The topological polar surface area (TPSA) is 26.3 Å². The Morgan fingerprint density at radius 2 is 1.50 bits per heavy atom. The second kappa shape index (κ2) is 6.96. The number of hydrogen-bond donors (Lipinski definition) is 0. The Labute approximate surface area is 197 Å². The third-order valence-corrected chi connectivity index (χ3v) is 12.8. The number of rotatable bonds is 2. The molecule has 5 aliphatic rings. The van der Waals surface area contributed by atoms with Crippen LogP contribution in [0.15, 0.2) is 12.2 Å². The van der Waals surface area contributed by atoms with E-state index in [1.165, 1.54) is 50.5 Å². The summed E-state index contributed by atoms with van der Waals surface area (Å²) in [5.41, 5.74) is 2.17. The lowest BCUT2D eigenvalue weighted by molar-refractivity contribution is -0.207. The molecule has 0 amide bonds. The Kier molecular flexibility index (Phi) is 5.03. The summed E-state index contributed by atoms with van der Waals surface area (Å²) >= 11 is 0. The van der Waals surface area contributed by atoms with Crippen molar-refractivity contribution in [3.05, 3.63) is 12.2 Å². The minimum Gasteiger partial charge on any atom is -0.367 e. The SMILES string of the molecule is C=C(C)[C@@H]1CC[C@@](C)([C@H]2CC[C@]3(C)[C@@H]2CC[C@@H]2[C@@]4(C)CCC(=O)C(C)(C)[C@H]4CC[C@]23C)O1. The van der Waals surface area contributed by atoms with Crippen molar-refractivity contribution in [1.29, 1.82) is 0 Å². The van der Waals surface area contributed by atoms with Crippen LogP contribution in [0.5, 0.6) is 0 Å². The molecule has 0 aromatic heterocycles. The first-order valence-electron chi connectivity index (χ1n) is 13.7. The van der Waals surface area contributed by atoms with Crippen LogP contribution in [0.3, 0.4) is 0 Å². The van der Waals surface area contributed by atoms with Crippen LogP contribution in [0.1, 0.15) is 113 Å². The van der Waals surface area contributed by atoms with Crippen molar-refractivity contribution in [3.8, 4) is 0 Å². The minimum absolute atomic E-state index is 0.0234. The average molecular weight is 441 g/mol. The van der Waals surface area contributed by atoms with Gasteiger partial charge in [0.05, 0.1) is 11.7 Å². The highest BCUT2D eigenvalue weighted by atomic mass is 16.5. The molecule has 32 heavy (non-hydrogen) atoms. The van der Waals surface area contributed by atoms with Crippen LogP contribution in [-0.2, 0) is 9.53 Å². The summed E-state index contributed by atoms with van der Waals surface area (Å²) in [5, 5.41) is 0. The molecule has 4 aliphatic carbocycles. The van der Waals surface area contributed by atoms with E-state index in [4.69, 9.17) is 4.74 Å². The Morgan fingerprint density at radius 1 is 0.812 bits per heavy atom. The Morgan fingerprint density at radius 3 is 2.16 bits per heavy atom. The molecule has 1 aliphatic heterocycles. The van der Waals surface area contributed by atoms with E-state index in [0.717, 1.165) is 31.1 Å². The van der Waals surface area contributed by atoms with Gasteiger partial charge in [0, 0.05) is 11.8 Å². The van der Waals surface area contributed by atoms with Crippen molar-refractivity contribution in [1.82, 2.24) is 0 Å². The predicted octanol–water partition coefficient (Wildman–Crippen LogP) is 7.75. The fraction of sp³-hybridized carbons (Fsp3) is 0.900. The zero-order chi connectivity index (χ0) is 23.3. The molecule has 0 N–H and O–H groups in total. The van der Waals surface area contributed by atoms with Gasteiger partial charge in [0.15, 0.2) is 0 Å². The van der Waals surface area contributed by atoms with Crippen molar-refractivity contribution in [2.45, 2.75) is 124 Å². The summed E-state index contributed by atoms with van der Waals surface area (Å²) in [6, 6.07) is 0. The van der Waals surface area contributed by atoms with Gasteiger partial charge in [-0.2, -0.15) is 0 Å². The van der Waals surface area contributed by atoms with Gasteiger partial charge < -0.3 is 4.74 Å². The standard InChI is InChI=1S/C30H48O2/c1-19(2)22-12-18-30(8,32-22)21-11-16-28(6)20(21)9-10-24-27(5)15-14-25(31)26(3,4)23(27)13-17-29(24,28)7/h20-24H,1,9-18H2,2-8H3/t20-,21+,22+,23-,24-,27+,28-,29-,30+/m1/s1. The number of Topliss-reactive ketones (excluding diaryl/α,β-unsaturated/α-hetero) is 1. The number of fused-ring (bicyclic) bond motifs is 5. The van der Waals surface area contributed by atoms with Gasteiger partial charge in [0.2, 0.25) is 0 Å². The zero-order valence-corrected chi connectivity index (χ0v) is 22.0. The monoisotopic (exact) mass is 440 g/mol. The van der Waals surface area contributed by atoms with Crippen LogP contribution in [0.2, 0.25) is 0 Å². The van der Waals surface area contributed by atoms with Gasteiger partial charge in [0.1, 0.15) is 5.78 Å². The van der Waals surface area contributed by atoms with Crippen molar-refractivity contribution < 1.29 is 9.53 Å². The van der Waals surface area contributed by atoms with Gasteiger partial charge >= 0.3 is 0 Å². The van der Waals surface area contributed by atoms with Crippen LogP contribution in [0, 0.1) is 45.3 Å². The van der Waals surface area contributed by atoms with Gasteiger partial charge in [-0.1, -0.05) is 46.8 Å². The molecule has 1 saturated heterocycles. The average Bonchev–Trinajstić information content (AvgIpc) is 3.28. The predicted molar refractivity (Wildman–Crippen MR) is 131 cm³/mol. The molecule has 0 aromatic carbocycles. The van der Waals surface area contributed by atoms with Crippen molar-refractivity contribution in [2.24, 2.45) is 45.3 Å². The summed E-state index contributed by atoms with van der Waals surface area (Å²) in [5.74, 6) is 3.28. The Balaban J connectivity index is 1.46. The molecule has 5 fully saturated rings. The van der Waals surface area contributed by atoms with E-state index in [0.29, 0.717) is 33.9 Å². The summed E-state index contributed by atoms with van der Waals surface area (Å²) in [4.78, 5) is 12.9. The van der Waals surface area contributed by atoms with Crippen LogP contribution in [0.25, 0.3) is 0 Å². The fourth-order valence-electron chi connectivity index (χ4n) is 10.8. The molecule has 9 atom stereocenters. The summed E-state index contributed by atoms with van der Waals surface area (Å²) in [6.45, 7) is 21.2. The highest BCUT2D eigenvalue weighted by Gasteiger charge is 2.69. The van der Waals surface area contributed by atoms with Crippen LogP contribution >= 0.6 is 0 Å². The van der Waals surface area contributed by atoms with Gasteiger partial charge in [-0.25, -0.2) is 0 Å². The summed E-state index contributed by atoms with van der Waals surface area (Å²) in [6.07, 6.45) is 12.4. The maximum Gasteiger partial charge on any atom is 0.138 e. The molecule has 4 saturated carbocycles. The second-order valence-electron chi connectivity index (χ2n) is 14.3. The van der Waals surface area contributed by atoms with E-state index in [9.17, 15) is 4.79 Å². The molecule has 0 unspecified atom stereocenters. The first kappa shape index (κ1) is 23.1. The highest BCUT2D eigenvalue weighted by Crippen LogP contribution is 2.75. The number of ether oxygens (including phenoxy) is 1. The van der Waals surface area contributed by atoms with Gasteiger partial charge in [-0.15, -0.1) is 0 Å². The lowest BCUT2D eigenvalue weighted by Gasteiger charge is -2.69. The van der Waals surface area contributed by atoms with E-state index in [-0.39, 0.29) is 17.1 Å². The maximum atomic E-state index is 12.9. The minimum atomic E-state index is -0.146. The molecule has 1 heterocycles. The van der Waals surface area contributed by atoms with Crippen molar-refractivity contribution in [2.75, 3.05) is 0 Å². The van der Waals surface area contributed by atoms with E-state index < -0.39 is 0 Å². The molecular weight excluding hydrogens is 392 g/mol. The van der Waals surface area contributed by atoms with E-state index in [1.54, 1.807) is 0 Å². The molecule has 2 nitrogen and oxygen atoms in total. The Bertz CT molecular complexity index is 827.